The third kappa shape index (κ3) is 5.86. The molecule has 0 unspecified atom stereocenters. The van der Waals surface area contributed by atoms with E-state index < -0.39 is 6.10 Å². The number of aliphatic hydroxyl groups excluding tert-OH is 1. The molecule has 22 heavy (non-hydrogen) atoms. The van der Waals surface area contributed by atoms with Gasteiger partial charge in [0.25, 0.3) is 0 Å². The highest BCUT2D eigenvalue weighted by Gasteiger charge is 2.18. The topological polar surface area (TPSA) is 46.5 Å². The van der Waals surface area contributed by atoms with Gasteiger partial charge in [-0.1, -0.05) is 67.8 Å². The van der Waals surface area contributed by atoms with Gasteiger partial charge < -0.3 is 9.84 Å². The maximum atomic E-state index is 11.6. The number of ether oxygens (including phenoxy) is 1. The van der Waals surface area contributed by atoms with Gasteiger partial charge in [0, 0.05) is 6.08 Å². The molecule has 1 N–H and O–H groups in total. The van der Waals surface area contributed by atoms with E-state index >= 15 is 0 Å². The van der Waals surface area contributed by atoms with E-state index in [4.69, 9.17) is 4.74 Å². The van der Waals surface area contributed by atoms with Gasteiger partial charge in [-0.2, -0.15) is 0 Å². The molecule has 3 heteroatoms. The molecule has 1 fully saturated rings. The predicted molar refractivity (Wildman–Crippen MR) is 87.1 cm³/mol. The number of benzene rings is 1. The largest absolute Gasteiger partial charge is 0.458 e. The van der Waals surface area contributed by atoms with Gasteiger partial charge in [-0.25, -0.2) is 4.79 Å². The molecule has 2 rings (SSSR count). The van der Waals surface area contributed by atoms with Gasteiger partial charge in [-0.15, -0.1) is 0 Å². The molecule has 1 aliphatic carbocycles. The third-order valence-corrected chi connectivity index (χ3v) is 4.01. The predicted octanol–water partition coefficient (Wildman–Crippen LogP) is 3.78. The van der Waals surface area contributed by atoms with Gasteiger partial charge in [0.15, 0.2) is 0 Å². The van der Waals surface area contributed by atoms with Crippen LogP contribution in [0.2, 0.25) is 0 Å². The summed E-state index contributed by atoms with van der Waals surface area (Å²) >= 11 is 0. The fourth-order valence-corrected chi connectivity index (χ4v) is 2.72. The number of rotatable bonds is 6. The molecule has 0 saturated heterocycles. The number of hydrogen-bond acceptors (Lipinski definition) is 3. The van der Waals surface area contributed by atoms with Crippen LogP contribution in [-0.2, 0) is 16.1 Å². The molecule has 3 nitrogen and oxygen atoms in total. The average molecular weight is 300 g/mol. The van der Waals surface area contributed by atoms with Crippen molar-refractivity contribution in [1.82, 2.24) is 0 Å². The fraction of sp³-hybridized carbons (Fsp3) is 0.421. The summed E-state index contributed by atoms with van der Waals surface area (Å²) in [5.74, 6) is -0.0101. The van der Waals surface area contributed by atoms with Crippen molar-refractivity contribution in [2.24, 2.45) is 5.92 Å². The minimum atomic E-state index is -0.412. The lowest BCUT2D eigenvalue weighted by molar-refractivity contribution is -0.139. The van der Waals surface area contributed by atoms with Crippen LogP contribution in [0, 0.1) is 5.92 Å². The first-order chi connectivity index (χ1) is 10.8. The zero-order chi connectivity index (χ0) is 15.6. The van der Waals surface area contributed by atoms with Crippen LogP contribution in [0.4, 0.5) is 0 Å². The number of esters is 1. The van der Waals surface area contributed by atoms with Crippen LogP contribution >= 0.6 is 0 Å². The Kier molecular flexibility index (Phi) is 6.91. The lowest BCUT2D eigenvalue weighted by Crippen LogP contribution is -2.20. The summed E-state index contributed by atoms with van der Waals surface area (Å²) in [4.78, 5) is 11.6. The Balaban J connectivity index is 1.69. The van der Waals surface area contributed by atoms with Crippen molar-refractivity contribution in [2.45, 2.75) is 44.8 Å². The van der Waals surface area contributed by atoms with Crippen LogP contribution in [0.5, 0.6) is 0 Å². The summed E-state index contributed by atoms with van der Waals surface area (Å²) in [5.41, 5.74) is 0.965. The number of carbonyl (C=O) groups excluding carboxylic acids is 1. The van der Waals surface area contributed by atoms with Gasteiger partial charge in [-0.3, -0.25) is 0 Å². The molecule has 118 valence electrons. The van der Waals surface area contributed by atoms with Gasteiger partial charge in [-0.05, 0) is 24.3 Å². The zero-order valence-corrected chi connectivity index (χ0v) is 12.9. The Morgan fingerprint density at radius 2 is 1.91 bits per heavy atom. The molecule has 0 radical (unpaired) electrons. The number of hydrogen-bond donors (Lipinski definition) is 1. The Hall–Kier alpha value is -1.87. The second kappa shape index (κ2) is 9.21. The first-order valence-electron chi connectivity index (χ1n) is 7.99. The molecule has 1 saturated carbocycles. The van der Waals surface area contributed by atoms with E-state index in [1.165, 1.54) is 25.3 Å². The molecule has 1 aliphatic rings. The number of aliphatic hydroxyl groups is 1. The maximum absolute atomic E-state index is 11.6. The first-order valence-corrected chi connectivity index (χ1v) is 7.99. The summed E-state index contributed by atoms with van der Waals surface area (Å²) in [6.45, 7) is 0.276. The van der Waals surface area contributed by atoms with E-state index in [0.29, 0.717) is 5.92 Å². The summed E-state index contributed by atoms with van der Waals surface area (Å²) < 4.78 is 5.13. The molecule has 0 spiro atoms. The Morgan fingerprint density at radius 1 is 1.18 bits per heavy atom. The number of carbonyl (C=O) groups is 1. The Labute approximate surface area is 132 Å². The zero-order valence-electron chi connectivity index (χ0n) is 12.9. The van der Waals surface area contributed by atoms with E-state index in [9.17, 15) is 9.90 Å². The highest BCUT2D eigenvalue weighted by Crippen LogP contribution is 2.26. The Bertz CT molecular complexity index is 499. The van der Waals surface area contributed by atoms with Crippen molar-refractivity contribution in [3.05, 3.63) is 60.2 Å². The molecule has 1 aromatic carbocycles. The van der Waals surface area contributed by atoms with E-state index in [0.717, 1.165) is 18.4 Å². The van der Waals surface area contributed by atoms with Crippen molar-refractivity contribution in [3.8, 4) is 0 Å². The second-order valence-electron chi connectivity index (χ2n) is 5.73. The fourth-order valence-electron chi connectivity index (χ4n) is 2.72. The smallest absolute Gasteiger partial charge is 0.331 e. The van der Waals surface area contributed by atoms with Gasteiger partial charge in [0.2, 0.25) is 0 Å². The average Bonchev–Trinajstić information content (AvgIpc) is 2.58. The second-order valence-corrected chi connectivity index (χ2v) is 5.73. The molecule has 1 aromatic rings. The SMILES string of the molecule is O=C(/C=C/C=C\[C@H](O)C1CCCCC1)OCc1ccccc1. The van der Waals surface area contributed by atoms with Crippen LogP contribution < -0.4 is 0 Å². The molecule has 0 aromatic heterocycles. The molecule has 0 heterocycles. The summed E-state index contributed by atoms with van der Waals surface area (Å²) in [6, 6.07) is 9.57. The van der Waals surface area contributed by atoms with E-state index in [1.54, 1.807) is 18.2 Å². The lowest BCUT2D eigenvalue weighted by Gasteiger charge is -2.24. The monoisotopic (exact) mass is 300 g/mol. The molecular weight excluding hydrogens is 276 g/mol. The third-order valence-electron chi connectivity index (χ3n) is 4.01. The van der Waals surface area contributed by atoms with E-state index in [1.807, 2.05) is 30.3 Å². The van der Waals surface area contributed by atoms with Crippen LogP contribution in [-0.4, -0.2) is 17.2 Å². The van der Waals surface area contributed by atoms with Crippen molar-refractivity contribution in [2.75, 3.05) is 0 Å². The summed E-state index contributed by atoms with van der Waals surface area (Å²) in [5, 5.41) is 10.1. The van der Waals surface area contributed by atoms with Gasteiger partial charge >= 0.3 is 5.97 Å². The van der Waals surface area contributed by atoms with Gasteiger partial charge in [0.05, 0.1) is 6.10 Å². The normalized spacial score (nSPS) is 17.9. The minimum Gasteiger partial charge on any atom is -0.458 e. The van der Waals surface area contributed by atoms with Crippen LogP contribution in [0.25, 0.3) is 0 Å². The molecule has 0 bridgehead atoms. The van der Waals surface area contributed by atoms with E-state index in [-0.39, 0.29) is 12.6 Å². The first kappa shape index (κ1) is 16.5. The van der Waals surface area contributed by atoms with Crippen LogP contribution in [0.3, 0.4) is 0 Å². The lowest BCUT2D eigenvalue weighted by atomic mass is 9.85. The Morgan fingerprint density at radius 3 is 2.64 bits per heavy atom. The van der Waals surface area contributed by atoms with Crippen LogP contribution in [0.1, 0.15) is 37.7 Å². The highest BCUT2D eigenvalue weighted by molar-refractivity contribution is 5.82. The van der Waals surface area contributed by atoms with E-state index in [2.05, 4.69) is 0 Å². The van der Waals surface area contributed by atoms with Crippen molar-refractivity contribution < 1.29 is 14.6 Å². The summed E-state index contributed by atoms with van der Waals surface area (Å²) in [6.07, 6.45) is 12.0. The highest BCUT2D eigenvalue weighted by atomic mass is 16.5. The maximum Gasteiger partial charge on any atom is 0.331 e. The minimum absolute atomic E-state index is 0.276. The van der Waals surface area contributed by atoms with Crippen LogP contribution in [0.15, 0.2) is 54.6 Å². The molecule has 1 atom stereocenters. The quantitative estimate of drug-likeness (QED) is 0.494. The summed E-state index contributed by atoms with van der Waals surface area (Å²) in [7, 11) is 0. The standard InChI is InChI=1S/C19H24O3/c20-18(17-11-5-2-6-12-17)13-7-8-14-19(21)22-15-16-9-3-1-4-10-16/h1,3-4,7-10,13-14,17-18,20H,2,5-6,11-12,15H2/b13-7-,14-8+/t18-/m0/s1. The van der Waals surface area contributed by atoms with Crippen molar-refractivity contribution in [3.63, 3.8) is 0 Å². The number of allylic oxidation sites excluding steroid dienone is 2. The van der Waals surface area contributed by atoms with Crippen molar-refractivity contribution >= 4 is 5.97 Å². The molecule has 0 amide bonds. The van der Waals surface area contributed by atoms with Crippen molar-refractivity contribution in [1.29, 1.82) is 0 Å². The van der Waals surface area contributed by atoms with Gasteiger partial charge in [0.1, 0.15) is 6.61 Å². The molecule has 0 aliphatic heterocycles. The molecular formula is C19H24O3.